The van der Waals surface area contributed by atoms with Crippen molar-refractivity contribution >= 4 is 0 Å². The first-order valence-electron chi connectivity index (χ1n) is 5.20. The van der Waals surface area contributed by atoms with Gasteiger partial charge in [-0.3, -0.25) is 0 Å². The number of rotatable bonds is 5. The van der Waals surface area contributed by atoms with Crippen LogP contribution in [-0.4, -0.2) is 0 Å². The standard InChI is InChI=1S/C12H24/c1-10(2)6-8-12(5)9-7-11(3)4/h6,8,10-12H,7,9H2,1-5H3/b8-6-/t12-/m0/s1. The fourth-order valence-electron chi connectivity index (χ4n) is 1.10. The van der Waals surface area contributed by atoms with Crippen LogP contribution in [-0.2, 0) is 0 Å². The predicted octanol–water partition coefficient (Wildman–Crippen LogP) is 4.27. The van der Waals surface area contributed by atoms with E-state index in [0.29, 0.717) is 5.92 Å². The van der Waals surface area contributed by atoms with E-state index in [4.69, 9.17) is 0 Å². The molecule has 72 valence electrons. The van der Waals surface area contributed by atoms with Crippen LogP contribution < -0.4 is 0 Å². The van der Waals surface area contributed by atoms with Crippen LogP contribution in [0.15, 0.2) is 12.2 Å². The predicted molar refractivity (Wildman–Crippen MR) is 57.2 cm³/mol. The second-order valence-corrected chi connectivity index (χ2v) is 4.58. The first kappa shape index (κ1) is 11.7. The molecule has 0 nitrogen and oxygen atoms in total. The normalized spacial score (nSPS) is 14.9. The molecule has 12 heavy (non-hydrogen) atoms. The van der Waals surface area contributed by atoms with Gasteiger partial charge >= 0.3 is 0 Å². The molecule has 0 unspecified atom stereocenters. The van der Waals surface area contributed by atoms with Gasteiger partial charge in [0.2, 0.25) is 0 Å². The molecule has 0 heteroatoms. The Balaban J connectivity index is 3.52. The van der Waals surface area contributed by atoms with Gasteiger partial charge in [-0.05, 0) is 24.2 Å². The van der Waals surface area contributed by atoms with Crippen molar-refractivity contribution in [3.05, 3.63) is 12.2 Å². The molecule has 0 aliphatic rings. The third-order valence-corrected chi connectivity index (χ3v) is 2.02. The van der Waals surface area contributed by atoms with Crippen LogP contribution in [0.25, 0.3) is 0 Å². The fraction of sp³-hybridized carbons (Fsp3) is 0.833. The molecule has 0 radical (unpaired) electrons. The van der Waals surface area contributed by atoms with Crippen LogP contribution in [0.1, 0.15) is 47.5 Å². The molecule has 0 N–H and O–H groups in total. The summed E-state index contributed by atoms with van der Waals surface area (Å²) in [5.41, 5.74) is 0. The Morgan fingerprint density at radius 2 is 1.42 bits per heavy atom. The van der Waals surface area contributed by atoms with Crippen molar-refractivity contribution in [2.75, 3.05) is 0 Å². The van der Waals surface area contributed by atoms with Crippen molar-refractivity contribution in [3.8, 4) is 0 Å². The molecule has 0 aliphatic carbocycles. The van der Waals surface area contributed by atoms with E-state index in [1.165, 1.54) is 12.8 Å². The molecule has 0 fully saturated rings. The van der Waals surface area contributed by atoms with Gasteiger partial charge in [-0.15, -0.1) is 0 Å². The van der Waals surface area contributed by atoms with Gasteiger partial charge in [0.1, 0.15) is 0 Å². The minimum absolute atomic E-state index is 0.700. The van der Waals surface area contributed by atoms with Crippen molar-refractivity contribution in [1.82, 2.24) is 0 Å². The van der Waals surface area contributed by atoms with Crippen molar-refractivity contribution in [2.45, 2.75) is 47.5 Å². The molecule has 0 spiro atoms. The molecule has 1 atom stereocenters. The van der Waals surface area contributed by atoms with Gasteiger partial charge in [0.15, 0.2) is 0 Å². The van der Waals surface area contributed by atoms with Crippen LogP contribution in [0.5, 0.6) is 0 Å². The molecule has 0 rings (SSSR count). The Labute approximate surface area is 78.1 Å². The minimum atomic E-state index is 0.700. The monoisotopic (exact) mass is 168 g/mol. The lowest BCUT2D eigenvalue weighted by molar-refractivity contribution is 0.501. The summed E-state index contributed by atoms with van der Waals surface area (Å²) in [5.74, 6) is 2.31. The van der Waals surface area contributed by atoms with E-state index in [0.717, 1.165) is 11.8 Å². The van der Waals surface area contributed by atoms with Gasteiger partial charge in [0.05, 0.1) is 0 Å². The van der Waals surface area contributed by atoms with E-state index in [-0.39, 0.29) is 0 Å². The van der Waals surface area contributed by atoms with Crippen LogP contribution in [0.2, 0.25) is 0 Å². The lowest BCUT2D eigenvalue weighted by Crippen LogP contribution is -1.95. The summed E-state index contributed by atoms with van der Waals surface area (Å²) < 4.78 is 0. The summed E-state index contributed by atoms with van der Waals surface area (Å²) >= 11 is 0. The van der Waals surface area contributed by atoms with Crippen LogP contribution in [0.3, 0.4) is 0 Å². The van der Waals surface area contributed by atoms with E-state index >= 15 is 0 Å². The number of hydrogen-bond donors (Lipinski definition) is 0. The van der Waals surface area contributed by atoms with Gasteiger partial charge in [0.25, 0.3) is 0 Å². The molecule has 0 heterocycles. The van der Waals surface area contributed by atoms with Crippen LogP contribution in [0.4, 0.5) is 0 Å². The highest BCUT2D eigenvalue weighted by atomic mass is 14.1. The van der Waals surface area contributed by atoms with Gasteiger partial charge in [-0.1, -0.05) is 53.2 Å². The quantitative estimate of drug-likeness (QED) is 0.538. The van der Waals surface area contributed by atoms with Gasteiger partial charge in [-0.25, -0.2) is 0 Å². The summed E-state index contributed by atoms with van der Waals surface area (Å²) in [4.78, 5) is 0. The van der Waals surface area contributed by atoms with Gasteiger partial charge < -0.3 is 0 Å². The largest absolute Gasteiger partial charge is 0.0857 e. The number of hydrogen-bond acceptors (Lipinski definition) is 0. The van der Waals surface area contributed by atoms with Crippen LogP contribution in [0, 0.1) is 17.8 Å². The maximum Gasteiger partial charge on any atom is -0.0262 e. The highest BCUT2D eigenvalue weighted by Gasteiger charge is 1.99. The lowest BCUT2D eigenvalue weighted by Gasteiger charge is -2.08. The Kier molecular flexibility index (Phi) is 6.14. The highest BCUT2D eigenvalue weighted by Crippen LogP contribution is 2.13. The third-order valence-electron chi connectivity index (χ3n) is 2.02. The lowest BCUT2D eigenvalue weighted by atomic mass is 9.98. The molecular formula is C12H24. The molecule has 0 aromatic heterocycles. The summed E-state index contributed by atoms with van der Waals surface area (Å²) in [7, 11) is 0. The Morgan fingerprint density at radius 3 is 1.83 bits per heavy atom. The van der Waals surface area contributed by atoms with Crippen LogP contribution >= 0.6 is 0 Å². The van der Waals surface area contributed by atoms with Gasteiger partial charge in [-0.2, -0.15) is 0 Å². The summed E-state index contributed by atoms with van der Waals surface area (Å²) in [6.07, 6.45) is 7.35. The Morgan fingerprint density at radius 1 is 0.833 bits per heavy atom. The molecule has 0 saturated heterocycles. The van der Waals surface area contributed by atoms with E-state index < -0.39 is 0 Å². The molecule has 0 aromatic rings. The van der Waals surface area contributed by atoms with E-state index in [9.17, 15) is 0 Å². The van der Waals surface area contributed by atoms with Crippen molar-refractivity contribution in [2.24, 2.45) is 17.8 Å². The maximum absolute atomic E-state index is 2.35. The van der Waals surface area contributed by atoms with Crippen molar-refractivity contribution < 1.29 is 0 Å². The summed E-state index contributed by atoms with van der Waals surface area (Å²) in [5, 5.41) is 0. The highest BCUT2D eigenvalue weighted by molar-refractivity contribution is 4.88. The maximum atomic E-state index is 2.35. The minimum Gasteiger partial charge on any atom is -0.0857 e. The zero-order chi connectivity index (χ0) is 9.56. The molecule has 0 aliphatic heterocycles. The third kappa shape index (κ3) is 7.84. The Hall–Kier alpha value is -0.260. The van der Waals surface area contributed by atoms with E-state index in [1.54, 1.807) is 0 Å². The van der Waals surface area contributed by atoms with Gasteiger partial charge in [0, 0.05) is 0 Å². The smallest absolute Gasteiger partial charge is 0.0262 e. The zero-order valence-electron chi connectivity index (χ0n) is 9.30. The molecule has 0 amide bonds. The number of allylic oxidation sites excluding steroid dienone is 2. The SMILES string of the molecule is CC(C)/C=C\[C@H](C)CCC(C)C. The zero-order valence-corrected chi connectivity index (χ0v) is 9.30. The summed E-state index contributed by atoms with van der Waals surface area (Å²) in [6, 6.07) is 0. The molecule has 0 aromatic carbocycles. The fourth-order valence-corrected chi connectivity index (χ4v) is 1.10. The molecule has 0 bridgehead atoms. The van der Waals surface area contributed by atoms with E-state index in [1.807, 2.05) is 0 Å². The second-order valence-electron chi connectivity index (χ2n) is 4.58. The average Bonchev–Trinajstić information content (AvgIpc) is 1.96. The first-order valence-corrected chi connectivity index (χ1v) is 5.20. The van der Waals surface area contributed by atoms with Crippen molar-refractivity contribution in [3.63, 3.8) is 0 Å². The topological polar surface area (TPSA) is 0 Å². The summed E-state index contributed by atoms with van der Waals surface area (Å²) in [6.45, 7) is 11.3. The Bertz CT molecular complexity index is 120. The molecule has 0 saturated carbocycles. The van der Waals surface area contributed by atoms with E-state index in [2.05, 4.69) is 46.8 Å². The van der Waals surface area contributed by atoms with Crippen molar-refractivity contribution in [1.29, 1.82) is 0 Å². The average molecular weight is 168 g/mol. The first-order chi connectivity index (χ1) is 5.52. The molecular weight excluding hydrogens is 144 g/mol. The second kappa shape index (κ2) is 6.28.